The molecule has 1 unspecified atom stereocenters. The molecular weight excluding hydrogens is 246 g/mol. The van der Waals surface area contributed by atoms with Gasteiger partial charge in [-0.1, -0.05) is 13.8 Å². The van der Waals surface area contributed by atoms with Crippen LogP contribution in [0.25, 0.3) is 0 Å². The van der Waals surface area contributed by atoms with Gasteiger partial charge in [-0.3, -0.25) is 10.1 Å². The Morgan fingerprint density at radius 1 is 1.58 bits per heavy atom. The van der Waals surface area contributed by atoms with Crippen molar-refractivity contribution < 1.29 is 4.92 Å². The van der Waals surface area contributed by atoms with E-state index >= 15 is 0 Å². The Hall–Kier alpha value is -1.63. The molecule has 2 rings (SSSR count). The van der Waals surface area contributed by atoms with E-state index in [-0.39, 0.29) is 16.5 Å². The molecule has 1 aromatic rings. The van der Waals surface area contributed by atoms with Gasteiger partial charge in [0, 0.05) is 26.1 Å². The van der Waals surface area contributed by atoms with Crippen LogP contribution in [0, 0.1) is 16.0 Å². The maximum absolute atomic E-state index is 11.4. The first kappa shape index (κ1) is 13.8. The second kappa shape index (κ2) is 5.16. The Bertz CT molecular complexity index is 483. The van der Waals surface area contributed by atoms with Crippen molar-refractivity contribution in [2.24, 2.45) is 18.7 Å². The fourth-order valence-electron chi connectivity index (χ4n) is 2.66. The molecule has 0 aliphatic carbocycles. The number of hydrogen-bond donors (Lipinski definition) is 1. The van der Waals surface area contributed by atoms with Crippen LogP contribution >= 0.6 is 0 Å². The van der Waals surface area contributed by atoms with Crippen molar-refractivity contribution in [1.29, 1.82) is 0 Å². The summed E-state index contributed by atoms with van der Waals surface area (Å²) in [5, 5.41) is 15.7. The van der Waals surface area contributed by atoms with Gasteiger partial charge in [0.05, 0.1) is 4.92 Å². The van der Waals surface area contributed by atoms with Crippen LogP contribution in [0.3, 0.4) is 0 Å². The standard InChI is InChI=1S/C12H21N5O2/c1-8(2)10-11(17(18)19)12(15(3)14-10)16-5-4-9(6-13)7-16/h8-9H,4-7,13H2,1-3H3. The highest BCUT2D eigenvalue weighted by atomic mass is 16.6. The minimum absolute atomic E-state index is 0.0354. The number of nitrogens with zero attached hydrogens (tertiary/aromatic N) is 4. The molecule has 0 saturated carbocycles. The topological polar surface area (TPSA) is 90.2 Å². The van der Waals surface area contributed by atoms with Crippen molar-refractivity contribution in [2.45, 2.75) is 26.2 Å². The highest BCUT2D eigenvalue weighted by Gasteiger charge is 2.34. The van der Waals surface area contributed by atoms with E-state index in [1.54, 1.807) is 11.7 Å². The average Bonchev–Trinajstić information content (AvgIpc) is 2.92. The fourth-order valence-corrected chi connectivity index (χ4v) is 2.66. The number of aromatic nitrogens is 2. The SMILES string of the molecule is CC(C)c1nn(C)c(N2CCC(CN)C2)c1[N+](=O)[O-]. The molecular formula is C12H21N5O2. The number of nitrogens with two attached hydrogens (primary N) is 1. The van der Waals surface area contributed by atoms with Crippen LogP contribution in [0.5, 0.6) is 0 Å². The van der Waals surface area contributed by atoms with E-state index in [4.69, 9.17) is 5.73 Å². The third-order valence-electron chi connectivity index (χ3n) is 3.67. The molecule has 19 heavy (non-hydrogen) atoms. The normalized spacial score (nSPS) is 19.4. The molecule has 1 aromatic heterocycles. The van der Waals surface area contributed by atoms with Crippen molar-refractivity contribution in [3.63, 3.8) is 0 Å². The minimum atomic E-state index is -0.312. The lowest BCUT2D eigenvalue weighted by molar-refractivity contribution is -0.385. The lowest BCUT2D eigenvalue weighted by Gasteiger charge is -2.17. The van der Waals surface area contributed by atoms with Crippen LogP contribution in [0.15, 0.2) is 0 Å². The fraction of sp³-hybridized carbons (Fsp3) is 0.750. The highest BCUT2D eigenvalue weighted by molar-refractivity contribution is 5.62. The van der Waals surface area contributed by atoms with Gasteiger partial charge in [-0.15, -0.1) is 0 Å². The second-order valence-electron chi connectivity index (χ2n) is 5.43. The number of hydrogen-bond acceptors (Lipinski definition) is 5. The number of anilines is 1. The molecule has 1 aliphatic heterocycles. The van der Waals surface area contributed by atoms with E-state index in [0.29, 0.717) is 24.0 Å². The van der Waals surface area contributed by atoms with Crippen LogP contribution in [0.2, 0.25) is 0 Å². The minimum Gasteiger partial charge on any atom is -0.351 e. The number of rotatable bonds is 4. The lowest BCUT2D eigenvalue weighted by Crippen LogP contribution is -2.25. The van der Waals surface area contributed by atoms with E-state index in [2.05, 4.69) is 5.10 Å². The van der Waals surface area contributed by atoms with Crippen LogP contribution in [-0.2, 0) is 7.05 Å². The van der Waals surface area contributed by atoms with Gasteiger partial charge in [-0.25, -0.2) is 4.68 Å². The quantitative estimate of drug-likeness (QED) is 0.654. The average molecular weight is 267 g/mol. The number of nitro groups is 1. The summed E-state index contributed by atoms with van der Waals surface area (Å²) < 4.78 is 1.63. The zero-order valence-electron chi connectivity index (χ0n) is 11.7. The van der Waals surface area contributed by atoms with E-state index in [1.807, 2.05) is 18.7 Å². The Labute approximate surface area is 112 Å². The Balaban J connectivity index is 2.42. The summed E-state index contributed by atoms with van der Waals surface area (Å²) in [6.07, 6.45) is 0.982. The van der Waals surface area contributed by atoms with Crippen molar-refractivity contribution in [3.8, 4) is 0 Å². The van der Waals surface area contributed by atoms with Gasteiger partial charge >= 0.3 is 5.69 Å². The van der Waals surface area contributed by atoms with Crippen molar-refractivity contribution >= 4 is 11.5 Å². The van der Waals surface area contributed by atoms with Gasteiger partial charge in [0.1, 0.15) is 5.69 Å². The zero-order valence-corrected chi connectivity index (χ0v) is 11.7. The van der Waals surface area contributed by atoms with Crippen molar-refractivity contribution in [3.05, 3.63) is 15.8 Å². The van der Waals surface area contributed by atoms with Gasteiger partial charge in [-0.2, -0.15) is 5.10 Å². The van der Waals surface area contributed by atoms with E-state index in [9.17, 15) is 10.1 Å². The molecule has 0 amide bonds. The summed E-state index contributed by atoms with van der Waals surface area (Å²) in [5.74, 6) is 1.06. The van der Waals surface area contributed by atoms with Crippen LogP contribution in [0.1, 0.15) is 31.9 Å². The van der Waals surface area contributed by atoms with Crippen molar-refractivity contribution in [1.82, 2.24) is 9.78 Å². The summed E-state index contributed by atoms with van der Waals surface area (Å²) >= 11 is 0. The monoisotopic (exact) mass is 267 g/mol. The van der Waals surface area contributed by atoms with Crippen molar-refractivity contribution in [2.75, 3.05) is 24.5 Å². The van der Waals surface area contributed by atoms with Gasteiger partial charge in [0.2, 0.25) is 5.82 Å². The number of aryl methyl sites for hydroxylation is 1. The molecule has 1 fully saturated rings. The smallest absolute Gasteiger partial charge is 0.334 e. The largest absolute Gasteiger partial charge is 0.351 e. The Morgan fingerprint density at radius 2 is 2.26 bits per heavy atom. The van der Waals surface area contributed by atoms with Crippen LogP contribution in [0.4, 0.5) is 11.5 Å². The maximum Gasteiger partial charge on any atom is 0.334 e. The zero-order chi connectivity index (χ0) is 14.2. The first-order valence-electron chi connectivity index (χ1n) is 6.62. The summed E-state index contributed by atoms with van der Waals surface area (Å²) in [4.78, 5) is 13.1. The van der Waals surface area contributed by atoms with Gasteiger partial charge < -0.3 is 10.6 Å². The first-order chi connectivity index (χ1) is 8.95. The van der Waals surface area contributed by atoms with Crippen LogP contribution < -0.4 is 10.6 Å². The molecule has 7 nitrogen and oxygen atoms in total. The molecule has 0 aromatic carbocycles. The van der Waals surface area contributed by atoms with E-state index in [0.717, 1.165) is 19.5 Å². The lowest BCUT2D eigenvalue weighted by atomic mass is 10.1. The molecule has 1 atom stereocenters. The summed E-state index contributed by atoms with van der Waals surface area (Å²) in [7, 11) is 1.77. The molecule has 7 heteroatoms. The maximum atomic E-state index is 11.4. The Morgan fingerprint density at radius 3 is 2.74 bits per heavy atom. The molecule has 2 N–H and O–H groups in total. The van der Waals surface area contributed by atoms with E-state index in [1.165, 1.54) is 0 Å². The van der Waals surface area contributed by atoms with E-state index < -0.39 is 0 Å². The van der Waals surface area contributed by atoms with Crippen LogP contribution in [-0.4, -0.2) is 34.3 Å². The molecule has 0 spiro atoms. The van der Waals surface area contributed by atoms with Gasteiger partial charge in [0.25, 0.3) is 0 Å². The summed E-state index contributed by atoms with van der Waals surface area (Å²) in [5.41, 5.74) is 6.38. The molecule has 0 radical (unpaired) electrons. The third kappa shape index (κ3) is 2.42. The highest BCUT2D eigenvalue weighted by Crippen LogP contribution is 2.37. The van der Waals surface area contributed by atoms with Gasteiger partial charge in [-0.05, 0) is 18.9 Å². The third-order valence-corrected chi connectivity index (χ3v) is 3.67. The summed E-state index contributed by atoms with van der Waals surface area (Å²) in [6, 6.07) is 0. The molecule has 106 valence electrons. The Kier molecular flexibility index (Phi) is 3.75. The molecule has 2 heterocycles. The van der Waals surface area contributed by atoms with Gasteiger partial charge in [0.15, 0.2) is 0 Å². The first-order valence-corrected chi connectivity index (χ1v) is 6.62. The second-order valence-corrected chi connectivity index (χ2v) is 5.43. The molecule has 1 saturated heterocycles. The molecule has 0 bridgehead atoms. The predicted octanol–water partition coefficient (Wildman–Crippen LogP) is 1.24. The molecule has 1 aliphatic rings. The predicted molar refractivity (Wildman–Crippen MR) is 73.3 cm³/mol. The summed E-state index contributed by atoms with van der Waals surface area (Å²) in [6.45, 7) is 6.05.